The standard InChI is InChI=1S/C21H22O8/c1-13(22)26-12-20(28-15(3)24)19(27-14(2)23)10-6-8-17-11-16-7-4-5-9-18(16)29-21(17)25/h4-10,19-20H,11-12H2,1-3H3/b10-6+,17-8+/t19-,20+/m1/s1. The van der Waals surface area contributed by atoms with E-state index in [0.717, 1.165) is 5.56 Å². The predicted octanol–water partition coefficient (Wildman–Crippen LogP) is 2.06. The Morgan fingerprint density at radius 1 is 1.07 bits per heavy atom. The zero-order valence-electron chi connectivity index (χ0n) is 16.4. The predicted molar refractivity (Wildman–Crippen MR) is 101 cm³/mol. The summed E-state index contributed by atoms with van der Waals surface area (Å²) < 4.78 is 20.5. The van der Waals surface area contributed by atoms with Crippen LogP contribution in [0.3, 0.4) is 0 Å². The zero-order chi connectivity index (χ0) is 21.4. The Kier molecular flexibility index (Phi) is 7.70. The maximum absolute atomic E-state index is 12.1. The lowest BCUT2D eigenvalue weighted by Crippen LogP contribution is -2.37. The minimum absolute atomic E-state index is 0.289. The number of hydrogen-bond acceptors (Lipinski definition) is 8. The van der Waals surface area contributed by atoms with Crippen molar-refractivity contribution in [2.24, 2.45) is 0 Å². The Labute approximate surface area is 168 Å². The van der Waals surface area contributed by atoms with E-state index in [1.165, 1.54) is 39.0 Å². The number of rotatable bonds is 7. The van der Waals surface area contributed by atoms with Crippen molar-refractivity contribution in [1.29, 1.82) is 0 Å². The summed E-state index contributed by atoms with van der Waals surface area (Å²) in [5, 5.41) is 0. The van der Waals surface area contributed by atoms with E-state index in [9.17, 15) is 19.2 Å². The largest absolute Gasteiger partial charge is 0.462 e. The third kappa shape index (κ3) is 6.91. The highest BCUT2D eigenvalue weighted by molar-refractivity contribution is 5.93. The monoisotopic (exact) mass is 402 g/mol. The van der Waals surface area contributed by atoms with Crippen molar-refractivity contribution in [3.8, 4) is 5.75 Å². The van der Waals surface area contributed by atoms with Gasteiger partial charge in [0.05, 0.1) is 0 Å². The quantitative estimate of drug-likeness (QED) is 0.295. The van der Waals surface area contributed by atoms with Gasteiger partial charge >= 0.3 is 23.9 Å². The van der Waals surface area contributed by atoms with E-state index in [0.29, 0.717) is 17.7 Å². The van der Waals surface area contributed by atoms with Crippen LogP contribution < -0.4 is 4.74 Å². The van der Waals surface area contributed by atoms with E-state index in [1.807, 2.05) is 12.1 Å². The Hall–Kier alpha value is -3.42. The Bertz CT molecular complexity index is 852. The van der Waals surface area contributed by atoms with Gasteiger partial charge in [0.15, 0.2) is 12.2 Å². The molecule has 1 aromatic rings. The van der Waals surface area contributed by atoms with Crippen molar-refractivity contribution < 1.29 is 38.1 Å². The molecule has 154 valence electrons. The molecule has 0 saturated carbocycles. The average Bonchev–Trinajstić information content (AvgIpc) is 2.64. The lowest BCUT2D eigenvalue weighted by Gasteiger charge is -2.23. The normalized spacial score (nSPS) is 16.5. The first-order valence-electron chi connectivity index (χ1n) is 8.91. The number of hydrogen-bond donors (Lipinski definition) is 0. The van der Waals surface area contributed by atoms with Gasteiger partial charge in [-0.1, -0.05) is 30.4 Å². The maximum atomic E-state index is 12.1. The van der Waals surface area contributed by atoms with E-state index >= 15 is 0 Å². The molecule has 1 aromatic carbocycles. The minimum atomic E-state index is -1.03. The molecular formula is C21H22O8. The van der Waals surface area contributed by atoms with E-state index in [-0.39, 0.29) is 6.61 Å². The highest BCUT2D eigenvalue weighted by atomic mass is 16.6. The number of ether oxygens (including phenoxy) is 4. The number of allylic oxidation sites excluding steroid dienone is 2. The minimum Gasteiger partial charge on any atom is -0.462 e. The summed E-state index contributed by atoms with van der Waals surface area (Å²) >= 11 is 0. The van der Waals surface area contributed by atoms with Gasteiger partial charge in [0.25, 0.3) is 0 Å². The van der Waals surface area contributed by atoms with Gasteiger partial charge in [-0.3, -0.25) is 14.4 Å². The Morgan fingerprint density at radius 2 is 1.76 bits per heavy atom. The van der Waals surface area contributed by atoms with Crippen LogP contribution in [-0.4, -0.2) is 42.7 Å². The number of para-hydroxylation sites is 1. The fourth-order valence-electron chi connectivity index (χ4n) is 2.64. The number of carbonyl (C=O) groups excluding carboxylic acids is 4. The van der Waals surface area contributed by atoms with Gasteiger partial charge in [-0.05, 0) is 17.7 Å². The molecule has 0 radical (unpaired) electrons. The van der Waals surface area contributed by atoms with Gasteiger partial charge in [-0.25, -0.2) is 4.79 Å². The second kappa shape index (κ2) is 10.2. The van der Waals surface area contributed by atoms with Crippen LogP contribution in [0.5, 0.6) is 5.75 Å². The van der Waals surface area contributed by atoms with Crippen molar-refractivity contribution in [2.45, 2.75) is 39.4 Å². The number of benzene rings is 1. The molecule has 0 fully saturated rings. The van der Waals surface area contributed by atoms with Crippen LogP contribution >= 0.6 is 0 Å². The number of carbonyl (C=O) groups is 4. The molecule has 0 unspecified atom stereocenters. The molecule has 29 heavy (non-hydrogen) atoms. The first-order valence-corrected chi connectivity index (χ1v) is 8.91. The smallest absolute Gasteiger partial charge is 0.339 e. The molecular weight excluding hydrogens is 380 g/mol. The van der Waals surface area contributed by atoms with Crippen LogP contribution in [0.2, 0.25) is 0 Å². The third-order valence-corrected chi connectivity index (χ3v) is 3.85. The lowest BCUT2D eigenvalue weighted by atomic mass is 10.0. The molecule has 0 amide bonds. The Morgan fingerprint density at radius 3 is 2.41 bits per heavy atom. The molecule has 1 aliphatic rings. The third-order valence-electron chi connectivity index (χ3n) is 3.85. The highest BCUT2D eigenvalue weighted by Gasteiger charge is 2.27. The van der Waals surface area contributed by atoms with Crippen LogP contribution in [-0.2, 0) is 39.8 Å². The van der Waals surface area contributed by atoms with E-state index in [1.54, 1.807) is 12.1 Å². The summed E-state index contributed by atoms with van der Waals surface area (Å²) in [7, 11) is 0. The van der Waals surface area contributed by atoms with Crippen LogP contribution in [0.25, 0.3) is 0 Å². The second-order valence-corrected chi connectivity index (χ2v) is 6.28. The molecule has 2 atom stereocenters. The molecule has 0 saturated heterocycles. The summed E-state index contributed by atoms with van der Waals surface area (Å²) in [5.74, 6) is -1.77. The molecule has 1 aliphatic heterocycles. The van der Waals surface area contributed by atoms with Crippen molar-refractivity contribution in [1.82, 2.24) is 0 Å². The Balaban J connectivity index is 2.19. The summed E-state index contributed by atoms with van der Waals surface area (Å²) in [6.07, 6.45) is 2.82. The lowest BCUT2D eigenvalue weighted by molar-refractivity contribution is -0.169. The molecule has 8 nitrogen and oxygen atoms in total. The van der Waals surface area contributed by atoms with Crippen LogP contribution in [0.15, 0.2) is 48.1 Å². The summed E-state index contributed by atoms with van der Waals surface area (Å²) in [6, 6.07) is 7.20. The van der Waals surface area contributed by atoms with Gasteiger partial charge < -0.3 is 18.9 Å². The average molecular weight is 402 g/mol. The van der Waals surface area contributed by atoms with E-state index in [2.05, 4.69) is 0 Å². The van der Waals surface area contributed by atoms with Crippen LogP contribution in [0.4, 0.5) is 0 Å². The topological polar surface area (TPSA) is 105 Å². The summed E-state index contributed by atoms with van der Waals surface area (Å²) in [5.41, 5.74) is 1.28. The van der Waals surface area contributed by atoms with Gasteiger partial charge in [-0.2, -0.15) is 0 Å². The number of fused-ring (bicyclic) bond motifs is 1. The second-order valence-electron chi connectivity index (χ2n) is 6.28. The zero-order valence-corrected chi connectivity index (χ0v) is 16.4. The first kappa shape index (κ1) is 21.9. The van der Waals surface area contributed by atoms with Crippen LogP contribution in [0.1, 0.15) is 26.3 Å². The van der Waals surface area contributed by atoms with Gasteiger partial charge in [0, 0.05) is 32.8 Å². The molecule has 0 spiro atoms. The first-order chi connectivity index (χ1) is 13.8. The number of esters is 4. The fraction of sp³-hybridized carbons (Fsp3) is 0.333. The van der Waals surface area contributed by atoms with Gasteiger partial charge in [0.2, 0.25) is 0 Å². The van der Waals surface area contributed by atoms with Gasteiger partial charge in [0.1, 0.15) is 12.4 Å². The van der Waals surface area contributed by atoms with Crippen molar-refractivity contribution in [3.05, 3.63) is 53.6 Å². The fourth-order valence-corrected chi connectivity index (χ4v) is 2.64. The van der Waals surface area contributed by atoms with Gasteiger partial charge in [-0.15, -0.1) is 0 Å². The van der Waals surface area contributed by atoms with E-state index in [4.69, 9.17) is 18.9 Å². The van der Waals surface area contributed by atoms with E-state index < -0.39 is 36.1 Å². The highest BCUT2D eigenvalue weighted by Crippen LogP contribution is 2.27. The molecule has 8 heteroatoms. The van der Waals surface area contributed by atoms with Crippen molar-refractivity contribution in [2.75, 3.05) is 6.61 Å². The SMILES string of the molecule is CC(=O)OC[C@H](OC(C)=O)[C@@H](/C=C/C=C1\Cc2ccccc2OC1=O)OC(C)=O. The van der Waals surface area contributed by atoms with Crippen LogP contribution in [0, 0.1) is 0 Å². The molecule has 1 heterocycles. The molecule has 0 N–H and O–H groups in total. The van der Waals surface area contributed by atoms with Crippen molar-refractivity contribution >= 4 is 23.9 Å². The molecule has 0 bridgehead atoms. The molecule has 2 rings (SSSR count). The van der Waals surface area contributed by atoms with Crippen molar-refractivity contribution in [3.63, 3.8) is 0 Å². The maximum Gasteiger partial charge on any atom is 0.339 e. The molecule has 0 aromatic heterocycles. The molecule has 0 aliphatic carbocycles. The summed E-state index contributed by atoms with van der Waals surface area (Å²) in [6.45, 7) is 3.31. The summed E-state index contributed by atoms with van der Waals surface area (Å²) in [4.78, 5) is 46.0.